The van der Waals surface area contributed by atoms with Crippen LogP contribution in [0.15, 0.2) is 200 Å². The fourth-order valence-electron chi connectivity index (χ4n) is 10.5. The van der Waals surface area contributed by atoms with Crippen molar-refractivity contribution in [3.63, 3.8) is 0 Å². The highest BCUT2D eigenvalue weighted by Gasteiger charge is 2.38. The summed E-state index contributed by atoms with van der Waals surface area (Å²) in [4.78, 5) is 4.84. The molecule has 2 nitrogen and oxygen atoms in total. The highest BCUT2D eigenvalue weighted by atomic mass is 15.1. The van der Waals surface area contributed by atoms with E-state index in [0.29, 0.717) is 0 Å². The van der Waals surface area contributed by atoms with E-state index in [9.17, 15) is 0 Å². The standard InChI is InChI=1S/C58H48N2/c1-57(2)52-25-15-13-22-47(52)49-33-31-43(37-54(49)57)59(40-17-7-5-8-18-40)42-29-27-39(28-30-42)45-35-36-56(51-24-12-11-21-46(45)51)60(41-19-9-6-10-20-41)44-32-34-50-48-23-14-16-26-53(48)58(3,4)55(50)38-44/h5-14,16-24,26-38H,15,25H2,1-4H3. The van der Waals surface area contributed by atoms with Gasteiger partial charge in [0.05, 0.1) is 5.69 Å². The Balaban J connectivity index is 0.994. The number of nitrogens with zero attached hydrogens (tertiary/aromatic N) is 2. The van der Waals surface area contributed by atoms with Crippen LogP contribution in [0.1, 0.15) is 62.8 Å². The van der Waals surface area contributed by atoms with Crippen molar-refractivity contribution in [3.8, 4) is 22.3 Å². The highest BCUT2D eigenvalue weighted by molar-refractivity contribution is 6.06. The third-order valence-corrected chi connectivity index (χ3v) is 13.6. The third-order valence-electron chi connectivity index (χ3n) is 13.6. The monoisotopic (exact) mass is 772 g/mol. The van der Waals surface area contributed by atoms with Gasteiger partial charge in [0.1, 0.15) is 0 Å². The maximum Gasteiger partial charge on any atom is 0.0540 e. The van der Waals surface area contributed by atoms with Crippen LogP contribution in [0.4, 0.5) is 34.1 Å². The van der Waals surface area contributed by atoms with E-state index in [1.807, 2.05) is 0 Å². The van der Waals surface area contributed by atoms with Crippen LogP contribution >= 0.6 is 0 Å². The topological polar surface area (TPSA) is 6.48 Å². The Bertz CT molecular complexity index is 3020. The second-order valence-corrected chi connectivity index (χ2v) is 17.7. The van der Waals surface area contributed by atoms with E-state index in [2.05, 4.69) is 232 Å². The number of benzene rings is 8. The molecule has 0 spiro atoms. The molecule has 3 aliphatic carbocycles. The first-order valence-electron chi connectivity index (χ1n) is 21.4. The van der Waals surface area contributed by atoms with Gasteiger partial charge in [0.25, 0.3) is 0 Å². The molecule has 0 aliphatic heterocycles. The van der Waals surface area contributed by atoms with Crippen LogP contribution in [0.2, 0.25) is 0 Å². The summed E-state index contributed by atoms with van der Waals surface area (Å²) in [7, 11) is 0. The number of rotatable bonds is 7. The van der Waals surface area contributed by atoms with Gasteiger partial charge in [0.15, 0.2) is 0 Å². The zero-order valence-electron chi connectivity index (χ0n) is 34.8. The fraction of sp³-hybridized carbons (Fsp3) is 0.138. The lowest BCUT2D eigenvalue weighted by Gasteiger charge is -2.30. The molecule has 0 bridgehead atoms. The number of para-hydroxylation sites is 2. The predicted octanol–water partition coefficient (Wildman–Crippen LogP) is 16.1. The number of fused-ring (bicyclic) bond motifs is 6. The van der Waals surface area contributed by atoms with E-state index in [0.717, 1.165) is 41.3 Å². The second kappa shape index (κ2) is 13.9. The second-order valence-electron chi connectivity index (χ2n) is 17.7. The molecular weight excluding hydrogens is 725 g/mol. The van der Waals surface area contributed by atoms with Crippen molar-refractivity contribution in [2.24, 2.45) is 0 Å². The van der Waals surface area contributed by atoms with Gasteiger partial charge in [-0.1, -0.05) is 161 Å². The van der Waals surface area contributed by atoms with Crippen LogP contribution in [0, 0.1) is 0 Å². The first kappa shape index (κ1) is 36.2. The van der Waals surface area contributed by atoms with E-state index in [-0.39, 0.29) is 10.8 Å². The van der Waals surface area contributed by atoms with Crippen molar-refractivity contribution in [1.82, 2.24) is 0 Å². The van der Waals surface area contributed by atoms with E-state index in [1.165, 1.54) is 66.5 Å². The molecule has 0 unspecified atom stereocenters. The minimum absolute atomic E-state index is 0.00392. The molecule has 0 N–H and O–H groups in total. The molecule has 2 heteroatoms. The largest absolute Gasteiger partial charge is 0.310 e. The Morgan fingerprint density at radius 1 is 0.400 bits per heavy atom. The fourth-order valence-corrected chi connectivity index (χ4v) is 10.5. The predicted molar refractivity (Wildman–Crippen MR) is 255 cm³/mol. The van der Waals surface area contributed by atoms with Crippen LogP contribution in [0.5, 0.6) is 0 Å². The minimum atomic E-state index is -0.0934. The summed E-state index contributed by atoms with van der Waals surface area (Å²) in [6.45, 7) is 9.52. The van der Waals surface area contributed by atoms with Gasteiger partial charge >= 0.3 is 0 Å². The molecule has 3 aliphatic rings. The molecule has 60 heavy (non-hydrogen) atoms. The van der Waals surface area contributed by atoms with Crippen molar-refractivity contribution in [2.75, 3.05) is 9.80 Å². The molecule has 0 aromatic heterocycles. The quantitative estimate of drug-likeness (QED) is 0.159. The average Bonchev–Trinajstić information content (AvgIpc) is 3.66. The van der Waals surface area contributed by atoms with Gasteiger partial charge in [0, 0.05) is 44.7 Å². The number of anilines is 6. The Morgan fingerprint density at radius 2 is 0.933 bits per heavy atom. The van der Waals surface area contributed by atoms with Gasteiger partial charge in [-0.15, -0.1) is 0 Å². The molecular formula is C58H48N2. The Morgan fingerprint density at radius 3 is 1.67 bits per heavy atom. The van der Waals surface area contributed by atoms with Crippen LogP contribution < -0.4 is 9.80 Å². The summed E-state index contributed by atoms with van der Waals surface area (Å²) >= 11 is 0. The Hall–Kier alpha value is -6.90. The average molecular weight is 773 g/mol. The van der Waals surface area contributed by atoms with E-state index < -0.39 is 0 Å². The van der Waals surface area contributed by atoms with E-state index in [1.54, 1.807) is 5.57 Å². The molecule has 0 saturated heterocycles. The smallest absolute Gasteiger partial charge is 0.0540 e. The van der Waals surface area contributed by atoms with Crippen LogP contribution in [0.25, 0.3) is 38.6 Å². The molecule has 0 atom stereocenters. The minimum Gasteiger partial charge on any atom is -0.310 e. The van der Waals surface area contributed by atoms with Gasteiger partial charge < -0.3 is 9.80 Å². The van der Waals surface area contributed by atoms with Crippen LogP contribution in [-0.2, 0) is 10.8 Å². The molecule has 0 fully saturated rings. The molecule has 290 valence electrons. The SMILES string of the molecule is CC1(C)C2=C(C=CCC2)c2ccc(N(c3ccccc3)c3ccc(-c4ccc(N(c5ccccc5)c5ccc6c(c5)C(C)(C)c5ccccc5-6)c5ccccc45)cc3)cc21. The van der Waals surface area contributed by atoms with E-state index in [4.69, 9.17) is 0 Å². The first-order valence-corrected chi connectivity index (χ1v) is 21.4. The Kier molecular flexibility index (Phi) is 8.36. The van der Waals surface area contributed by atoms with Gasteiger partial charge in [-0.05, 0) is 135 Å². The van der Waals surface area contributed by atoms with Gasteiger partial charge in [0.2, 0.25) is 0 Å². The Labute approximate surface area is 354 Å². The number of hydrogen-bond donors (Lipinski definition) is 0. The zero-order chi connectivity index (χ0) is 40.6. The van der Waals surface area contributed by atoms with Crippen molar-refractivity contribution in [1.29, 1.82) is 0 Å². The molecule has 8 aromatic rings. The van der Waals surface area contributed by atoms with Crippen molar-refractivity contribution >= 4 is 50.5 Å². The molecule has 0 saturated carbocycles. The van der Waals surface area contributed by atoms with Crippen LogP contribution in [-0.4, -0.2) is 0 Å². The lowest BCUT2D eigenvalue weighted by molar-refractivity contribution is 0.607. The van der Waals surface area contributed by atoms with Crippen molar-refractivity contribution in [2.45, 2.75) is 51.4 Å². The summed E-state index contributed by atoms with van der Waals surface area (Å²) in [5, 5.41) is 2.44. The van der Waals surface area contributed by atoms with Crippen molar-refractivity contribution in [3.05, 3.63) is 222 Å². The summed E-state index contributed by atoms with van der Waals surface area (Å²) in [5.41, 5.74) is 20.4. The maximum atomic E-state index is 2.44. The van der Waals surface area contributed by atoms with E-state index >= 15 is 0 Å². The third kappa shape index (κ3) is 5.62. The summed E-state index contributed by atoms with van der Waals surface area (Å²) in [6, 6.07) is 67.3. The lowest BCUT2D eigenvalue weighted by atomic mass is 9.78. The molecule has 0 amide bonds. The summed E-state index contributed by atoms with van der Waals surface area (Å²) in [6.07, 6.45) is 6.94. The van der Waals surface area contributed by atoms with Crippen molar-refractivity contribution < 1.29 is 0 Å². The lowest BCUT2D eigenvalue weighted by Crippen LogP contribution is -2.18. The van der Waals surface area contributed by atoms with Gasteiger partial charge in [-0.3, -0.25) is 0 Å². The summed E-state index contributed by atoms with van der Waals surface area (Å²) < 4.78 is 0. The maximum absolute atomic E-state index is 2.44. The highest BCUT2D eigenvalue weighted by Crippen LogP contribution is 2.53. The molecule has 11 rings (SSSR count). The molecule has 0 heterocycles. The van der Waals surface area contributed by atoms with Gasteiger partial charge in [-0.25, -0.2) is 0 Å². The first-order chi connectivity index (χ1) is 29.3. The zero-order valence-corrected chi connectivity index (χ0v) is 34.8. The van der Waals surface area contributed by atoms with Crippen LogP contribution in [0.3, 0.4) is 0 Å². The van der Waals surface area contributed by atoms with Gasteiger partial charge in [-0.2, -0.15) is 0 Å². The molecule has 0 radical (unpaired) electrons. The normalized spacial score (nSPS) is 15.3. The summed E-state index contributed by atoms with van der Waals surface area (Å²) in [5.74, 6) is 0. The number of allylic oxidation sites excluding steroid dienone is 4. The number of hydrogen-bond acceptors (Lipinski definition) is 2. The molecule has 8 aromatic carbocycles.